The molecule has 1 atom stereocenters. The van der Waals surface area contributed by atoms with Crippen LogP contribution in [0, 0.1) is 5.92 Å². The Labute approximate surface area is 112 Å². The number of amides is 1. The third-order valence-electron chi connectivity index (χ3n) is 3.92. The summed E-state index contributed by atoms with van der Waals surface area (Å²) >= 11 is 0. The van der Waals surface area contributed by atoms with Crippen LogP contribution in [-0.4, -0.2) is 47.3 Å². The topological polar surface area (TPSA) is 84.2 Å². The predicted octanol–water partition coefficient (Wildman–Crippen LogP) is 0.734. The highest BCUT2D eigenvalue weighted by atomic mass is 16.5. The minimum absolute atomic E-state index is 0.0845. The molecule has 6 nitrogen and oxygen atoms in total. The first-order chi connectivity index (χ1) is 9.24. The van der Waals surface area contributed by atoms with Crippen LogP contribution in [-0.2, 0) is 9.53 Å². The molecule has 2 aliphatic rings. The van der Waals surface area contributed by atoms with E-state index >= 15 is 0 Å². The second-order valence-electron chi connectivity index (χ2n) is 5.52. The summed E-state index contributed by atoms with van der Waals surface area (Å²) < 4.78 is 5.45. The maximum Gasteiger partial charge on any atom is 0.248 e. The maximum atomic E-state index is 12.0. The summed E-state index contributed by atoms with van der Waals surface area (Å²) in [5, 5.41) is 6.86. The molecule has 2 heterocycles. The van der Waals surface area contributed by atoms with Crippen LogP contribution in [0.25, 0.3) is 0 Å². The number of carbonyl (C=O) groups is 1. The molecule has 0 spiro atoms. The van der Waals surface area contributed by atoms with Crippen LogP contribution >= 0.6 is 0 Å². The zero-order chi connectivity index (χ0) is 13.2. The van der Waals surface area contributed by atoms with Gasteiger partial charge in [-0.05, 0) is 25.2 Å². The average molecular weight is 264 g/mol. The zero-order valence-corrected chi connectivity index (χ0v) is 11.0. The lowest BCUT2D eigenvalue weighted by Crippen LogP contribution is -2.32. The van der Waals surface area contributed by atoms with Crippen LogP contribution in [0.2, 0.25) is 0 Å². The molecule has 3 rings (SSSR count). The number of rotatable bonds is 5. The molecule has 0 bridgehead atoms. The minimum Gasteiger partial charge on any atom is -0.396 e. The van der Waals surface area contributed by atoms with Crippen molar-refractivity contribution in [2.24, 2.45) is 5.92 Å². The summed E-state index contributed by atoms with van der Waals surface area (Å²) in [7, 11) is 0. The van der Waals surface area contributed by atoms with Crippen molar-refractivity contribution in [3.05, 3.63) is 11.9 Å². The van der Waals surface area contributed by atoms with Crippen molar-refractivity contribution in [2.75, 3.05) is 32.0 Å². The number of aromatic nitrogens is 2. The van der Waals surface area contributed by atoms with Crippen LogP contribution in [0.5, 0.6) is 0 Å². The Morgan fingerprint density at radius 3 is 3.05 bits per heavy atom. The van der Waals surface area contributed by atoms with Crippen LogP contribution in [0.4, 0.5) is 5.69 Å². The van der Waals surface area contributed by atoms with Gasteiger partial charge in [0, 0.05) is 19.0 Å². The van der Waals surface area contributed by atoms with Crippen LogP contribution in [0.15, 0.2) is 6.20 Å². The fraction of sp³-hybridized carbons (Fsp3) is 0.692. The van der Waals surface area contributed by atoms with Gasteiger partial charge in [-0.1, -0.05) is 0 Å². The number of likely N-dealkylation sites (tertiary alicyclic amines) is 1. The minimum atomic E-state index is 0.0845. The predicted molar refractivity (Wildman–Crippen MR) is 70.5 cm³/mol. The van der Waals surface area contributed by atoms with E-state index in [0.29, 0.717) is 18.2 Å². The lowest BCUT2D eigenvalue weighted by Gasteiger charge is -2.16. The Morgan fingerprint density at radius 1 is 1.53 bits per heavy atom. The molecule has 1 unspecified atom stereocenters. The number of H-pyrrole nitrogens is 1. The fourth-order valence-corrected chi connectivity index (χ4v) is 2.54. The zero-order valence-electron chi connectivity index (χ0n) is 11.0. The maximum absolute atomic E-state index is 12.0. The molecule has 2 fully saturated rings. The number of ether oxygens (including phenoxy) is 1. The van der Waals surface area contributed by atoms with Gasteiger partial charge in [-0.25, -0.2) is 0 Å². The van der Waals surface area contributed by atoms with E-state index in [1.54, 1.807) is 6.20 Å². The molecule has 1 amide bonds. The first-order valence-electron chi connectivity index (χ1n) is 6.88. The van der Waals surface area contributed by atoms with Crippen molar-refractivity contribution in [2.45, 2.75) is 25.2 Å². The molecule has 1 aromatic rings. The van der Waals surface area contributed by atoms with Crippen LogP contribution in [0.1, 0.15) is 30.9 Å². The lowest BCUT2D eigenvalue weighted by molar-refractivity contribution is -0.135. The summed E-state index contributed by atoms with van der Waals surface area (Å²) in [6, 6.07) is 0. The second kappa shape index (κ2) is 5.21. The summed E-state index contributed by atoms with van der Waals surface area (Å²) in [6.45, 7) is 2.42. The van der Waals surface area contributed by atoms with E-state index in [-0.39, 0.29) is 18.4 Å². The van der Waals surface area contributed by atoms with Crippen LogP contribution in [0.3, 0.4) is 0 Å². The largest absolute Gasteiger partial charge is 0.396 e. The number of carbonyl (C=O) groups excluding carboxylic acids is 1. The third-order valence-corrected chi connectivity index (χ3v) is 3.92. The lowest BCUT2D eigenvalue weighted by atomic mass is 10.0. The smallest absolute Gasteiger partial charge is 0.248 e. The molecule has 0 aromatic carbocycles. The Hall–Kier alpha value is -1.56. The number of hydrogen-bond acceptors (Lipinski definition) is 4. The quantitative estimate of drug-likeness (QED) is 0.821. The third kappa shape index (κ3) is 2.89. The number of nitrogens with zero attached hydrogens (tertiary/aromatic N) is 2. The number of nitrogens with one attached hydrogen (secondary N) is 1. The number of anilines is 1. The first-order valence-corrected chi connectivity index (χ1v) is 6.88. The highest BCUT2D eigenvalue weighted by Crippen LogP contribution is 2.30. The summed E-state index contributed by atoms with van der Waals surface area (Å²) in [5.41, 5.74) is 7.48. The van der Waals surface area contributed by atoms with E-state index in [2.05, 4.69) is 10.2 Å². The van der Waals surface area contributed by atoms with Crippen molar-refractivity contribution >= 4 is 11.6 Å². The van der Waals surface area contributed by atoms with Gasteiger partial charge < -0.3 is 15.4 Å². The van der Waals surface area contributed by atoms with Gasteiger partial charge in [0.05, 0.1) is 24.2 Å². The second-order valence-corrected chi connectivity index (χ2v) is 5.52. The Kier molecular flexibility index (Phi) is 3.42. The highest BCUT2D eigenvalue weighted by Gasteiger charge is 2.29. The molecule has 1 saturated heterocycles. The summed E-state index contributed by atoms with van der Waals surface area (Å²) in [5.74, 6) is 1.06. The SMILES string of the molecule is Nc1cn[nH]c1C1CCN(C(=O)COCC2CC2)C1. The number of nitrogen functional groups attached to an aromatic ring is 1. The van der Waals surface area contributed by atoms with E-state index in [1.807, 2.05) is 4.90 Å². The molecule has 19 heavy (non-hydrogen) atoms. The van der Waals surface area contributed by atoms with Gasteiger partial charge in [-0.3, -0.25) is 9.89 Å². The average Bonchev–Trinajstić information content (AvgIpc) is 2.91. The molecular formula is C13H20N4O2. The highest BCUT2D eigenvalue weighted by molar-refractivity contribution is 5.77. The van der Waals surface area contributed by atoms with Gasteiger partial charge in [-0.15, -0.1) is 0 Å². The van der Waals surface area contributed by atoms with E-state index < -0.39 is 0 Å². The monoisotopic (exact) mass is 264 g/mol. The van der Waals surface area contributed by atoms with Gasteiger partial charge in [0.25, 0.3) is 0 Å². The standard InChI is InChI=1S/C13H20N4O2/c14-11-5-15-16-13(11)10-3-4-17(6-10)12(18)8-19-7-9-1-2-9/h5,9-10H,1-4,6-8,14H2,(H,15,16). The number of aromatic amines is 1. The normalized spacial score (nSPS) is 22.9. The number of hydrogen-bond donors (Lipinski definition) is 2. The summed E-state index contributed by atoms with van der Waals surface area (Å²) in [4.78, 5) is 13.9. The first kappa shape index (κ1) is 12.5. The van der Waals surface area contributed by atoms with Gasteiger partial charge in [0.2, 0.25) is 5.91 Å². The molecule has 3 N–H and O–H groups in total. The van der Waals surface area contributed by atoms with E-state index in [4.69, 9.17) is 10.5 Å². The van der Waals surface area contributed by atoms with Gasteiger partial charge in [0.15, 0.2) is 0 Å². The molecule has 1 saturated carbocycles. The van der Waals surface area contributed by atoms with E-state index in [1.165, 1.54) is 12.8 Å². The fourth-order valence-electron chi connectivity index (χ4n) is 2.54. The molecule has 0 radical (unpaired) electrons. The van der Waals surface area contributed by atoms with Crippen molar-refractivity contribution in [3.8, 4) is 0 Å². The van der Waals surface area contributed by atoms with Gasteiger partial charge in [0.1, 0.15) is 6.61 Å². The Balaban J connectivity index is 1.47. The van der Waals surface area contributed by atoms with Crippen molar-refractivity contribution < 1.29 is 9.53 Å². The van der Waals surface area contributed by atoms with Crippen LogP contribution < -0.4 is 5.73 Å². The molecule has 6 heteroatoms. The van der Waals surface area contributed by atoms with Gasteiger partial charge in [-0.2, -0.15) is 5.10 Å². The summed E-state index contributed by atoms with van der Waals surface area (Å²) in [6.07, 6.45) is 5.05. The number of nitrogens with two attached hydrogens (primary N) is 1. The Bertz CT molecular complexity index is 455. The molecular weight excluding hydrogens is 244 g/mol. The molecule has 104 valence electrons. The van der Waals surface area contributed by atoms with Crippen molar-refractivity contribution in [3.63, 3.8) is 0 Å². The van der Waals surface area contributed by atoms with E-state index in [9.17, 15) is 4.79 Å². The molecule has 1 aliphatic carbocycles. The Morgan fingerprint density at radius 2 is 2.37 bits per heavy atom. The van der Waals surface area contributed by atoms with Crippen molar-refractivity contribution in [1.82, 2.24) is 15.1 Å². The van der Waals surface area contributed by atoms with E-state index in [0.717, 1.165) is 25.3 Å². The van der Waals surface area contributed by atoms with Gasteiger partial charge >= 0.3 is 0 Å². The van der Waals surface area contributed by atoms with Crippen molar-refractivity contribution in [1.29, 1.82) is 0 Å². The molecule has 1 aliphatic heterocycles. The molecule has 1 aromatic heterocycles.